The van der Waals surface area contributed by atoms with E-state index in [1.807, 2.05) is 84.9 Å². The molecule has 3 aromatic carbocycles. The van der Waals surface area contributed by atoms with E-state index in [2.05, 4.69) is 16.6 Å². The molecule has 0 bridgehead atoms. The largest absolute Gasteiger partial charge is 0.440 e. The number of aryl methyl sites for hydroxylation is 1. The number of para-hydroxylation sites is 2. The summed E-state index contributed by atoms with van der Waals surface area (Å²) in [5.41, 5.74) is 4.60. The SMILES string of the molecule is CSCC[C@@H](NC(=O)CCc1nc(-c2ccccc2)c(-c2ccccc2)o1)c1nc2ccccc2[nH]1. The molecule has 0 fully saturated rings. The van der Waals surface area contributed by atoms with E-state index in [4.69, 9.17) is 14.4 Å². The fourth-order valence-electron chi connectivity index (χ4n) is 4.19. The quantitative estimate of drug-likeness (QED) is 0.233. The molecule has 0 spiro atoms. The predicted molar refractivity (Wildman–Crippen MR) is 146 cm³/mol. The number of amides is 1. The number of fused-ring (bicyclic) bond motifs is 1. The zero-order chi connectivity index (χ0) is 24.7. The maximum Gasteiger partial charge on any atom is 0.221 e. The van der Waals surface area contributed by atoms with Gasteiger partial charge in [-0.1, -0.05) is 72.8 Å². The first-order valence-electron chi connectivity index (χ1n) is 12.0. The van der Waals surface area contributed by atoms with Crippen LogP contribution in [0.25, 0.3) is 33.6 Å². The molecule has 36 heavy (non-hydrogen) atoms. The van der Waals surface area contributed by atoms with Crippen molar-refractivity contribution in [3.63, 3.8) is 0 Å². The first kappa shape index (κ1) is 23.9. The number of nitrogens with zero attached hydrogens (tertiary/aromatic N) is 2. The lowest BCUT2D eigenvalue weighted by atomic mass is 10.1. The van der Waals surface area contributed by atoms with E-state index in [-0.39, 0.29) is 18.4 Å². The molecule has 2 aromatic heterocycles. The van der Waals surface area contributed by atoms with Gasteiger partial charge in [-0.05, 0) is 30.6 Å². The van der Waals surface area contributed by atoms with Gasteiger partial charge in [0.15, 0.2) is 11.7 Å². The van der Waals surface area contributed by atoms with Gasteiger partial charge in [-0.25, -0.2) is 9.97 Å². The zero-order valence-electron chi connectivity index (χ0n) is 20.1. The number of carbonyl (C=O) groups is 1. The summed E-state index contributed by atoms with van der Waals surface area (Å²) >= 11 is 1.75. The molecular formula is C29H28N4O2S. The highest BCUT2D eigenvalue weighted by atomic mass is 32.2. The molecule has 0 saturated carbocycles. The number of H-pyrrole nitrogens is 1. The number of imidazole rings is 1. The lowest BCUT2D eigenvalue weighted by molar-refractivity contribution is -0.122. The summed E-state index contributed by atoms with van der Waals surface area (Å²) in [7, 11) is 0. The molecule has 5 rings (SSSR count). The highest BCUT2D eigenvalue weighted by molar-refractivity contribution is 7.98. The van der Waals surface area contributed by atoms with Gasteiger partial charge in [-0.15, -0.1) is 0 Å². The third-order valence-electron chi connectivity index (χ3n) is 6.00. The molecule has 7 heteroatoms. The van der Waals surface area contributed by atoms with Gasteiger partial charge >= 0.3 is 0 Å². The Hall–Kier alpha value is -3.84. The van der Waals surface area contributed by atoms with Crippen molar-refractivity contribution in [2.45, 2.75) is 25.3 Å². The Kier molecular flexibility index (Phi) is 7.47. The Morgan fingerprint density at radius 3 is 2.36 bits per heavy atom. The van der Waals surface area contributed by atoms with Gasteiger partial charge in [-0.2, -0.15) is 11.8 Å². The Labute approximate surface area is 214 Å². The topological polar surface area (TPSA) is 83.8 Å². The summed E-state index contributed by atoms with van der Waals surface area (Å²) in [6, 6.07) is 27.7. The lowest BCUT2D eigenvalue weighted by Crippen LogP contribution is -2.30. The summed E-state index contributed by atoms with van der Waals surface area (Å²) in [6.45, 7) is 0. The van der Waals surface area contributed by atoms with E-state index in [0.29, 0.717) is 12.3 Å². The molecule has 0 aliphatic heterocycles. The van der Waals surface area contributed by atoms with E-state index in [0.717, 1.165) is 51.6 Å². The minimum Gasteiger partial charge on any atom is -0.440 e. The molecule has 0 aliphatic carbocycles. The number of oxazole rings is 1. The molecule has 2 N–H and O–H groups in total. The summed E-state index contributed by atoms with van der Waals surface area (Å²) in [6.07, 6.45) is 3.55. The van der Waals surface area contributed by atoms with Crippen molar-refractivity contribution in [2.75, 3.05) is 12.0 Å². The van der Waals surface area contributed by atoms with Crippen LogP contribution in [0.4, 0.5) is 0 Å². The fourth-order valence-corrected chi connectivity index (χ4v) is 4.66. The number of hydrogen-bond acceptors (Lipinski definition) is 5. The Balaban J connectivity index is 1.32. The van der Waals surface area contributed by atoms with Crippen LogP contribution in [0.1, 0.15) is 30.6 Å². The van der Waals surface area contributed by atoms with Crippen LogP contribution < -0.4 is 5.32 Å². The average molecular weight is 497 g/mol. The molecule has 0 saturated heterocycles. The van der Waals surface area contributed by atoms with E-state index in [9.17, 15) is 4.79 Å². The molecule has 0 unspecified atom stereocenters. The second kappa shape index (κ2) is 11.3. The van der Waals surface area contributed by atoms with Gasteiger partial charge in [-0.3, -0.25) is 4.79 Å². The third-order valence-corrected chi connectivity index (χ3v) is 6.65. The lowest BCUT2D eigenvalue weighted by Gasteiger charge is -2.16. The van der Waals surface area contributed by atoms with Gasteiger partial charge in [0.1, 0.15) is 11.5 Å². The van der Waals surface area contributed by atoms with Crippen LogP contribution in [0.5, 0.6) is 0 Å². The zero-order valence-corrected chi connectivity index (χ0v) is 20.9. The van der Waals surface area contributed by atoms with Crippen molar-refractivity contribution in [3.05, 3.63) is 96.6 Å². The molecule has 5 aromatic rings. The van der Waals surface area contributed by atoms with Crippen molar-refractivity contribution >= 4 is 28.7 Å². The number of aromatic amines is 1. The molecule has 0 radical (unpaired) electrons. The normalized spacial score (nSPS) is 12.0. The van der Waals surface area contributed by atoms with E-state index >= 15 is 0 Å². The molecule has 1 atom stereocenters. The smallest absolute Gasteiger partial charge is 0.221 e. The van der Waals surface area contributed by atoms with Crippen LogP contribution in [0, 0.1) is 0 Å². The van der Waals surface area contributed by atoms with Crippen LogP contribution in [0.2, 0.25) is 0 Å². The average Bonchev–Trinajstić information content (AvgIpc) is 3.55. The number of rotatable bonds is 10. The van der Waals surface area contributed by atoms with Gasteiger partial charge in [0.05, 0.1) is 17.1 Å². The van der Waals surface area contributed by atoms with Crippen LogP contribution in [-0.4, -0.2) is 32.9 Å². The first-order valence-corrected chi connectivity index (χ1v) is 13.4. The highest BCUT2D eigenvalue weighted by Gasteiger charge is 2.20. The molecule has 182 valence electrons. The molecule has 6 nitrogen and oxygen atoms in total. The van der Waals surface area contributed by atoms with E-state index in [1.165, 1.54) is 0 Å². The van der Waals surface area contributed by atoms with Gasteiger partial charge in [0.2, 0.25) is 5.91 Å². The Bertz CT molecular complexity index is 1340. The van der Waals surface area contributed by atoms with Crippen LogP contribution in [0.3, 0.4) is 0 Å². The second-order valence-corrected chi connectivity index (χ2v) is 9.54. The molecule has 0 aliphatic rings. The van der Waals surface area contributed by atoms with Crippen molar-refractivity contribution < 1.29 is 9.21 Å². The predicted octanol–water partition coefficient (Wildman–Crippen LogP) is 6.43. The molecule has 1 amide bonds. The van der Waals surface area contributed by atoms with Crippen LogP contribution in [-0.2, 0) is 11.2 Å². The van der Waals surface area contributed by atoms with Crippen molar-refractivity contribution in [2.24, 2.45) is 0 Å². The van der Waals surface area contributed by atoms with E-state index < -0.39 is 0 Å². The maximum absolute atomic E-state index is 13.0. The second-order valence-electron chi connectivity index (χ2n) is 8.56. The number of nitrogens with one attached hydrogen (secondary N) is 2. The first-order chi connectivity index (χ1) is 17.7. The maximum atomic E-state index is 13.0. The number of hydrogen-bond donors (Lipinski definition) is 2. The monoisotopic (exact) mass is 496 g/mol. The number of carbonyl (C=O) groups excluding carboxylic acids is 1. The molecular weight excluding hydrogens is 468 g/mol. The number of aromatic nitrogens is 3. The van der Waals surface area contributed by atoms with Gasteiger partial charge in [0, 0.05) is 24.0 Å². The van der Waals surface area contributed by atoms with Crippen LogP contribution in [0.15, 0.2) is 89.3 Å². The minimum atomic E-state index is -0.179. The van der Waals surface area contributed by atoms with Gasteiger partial charge < -0.3 is 14.7 Å². The van der Waals surface area contributed by atoms with Crippen molar-refractivity contribution in [3.8, 4) is 22.6 Å². The van der Waals surface area contributed by atoms with Gasteiger partial charge in [0.25, 0.3) is 0 Å². The summed E-state index contributed by atoms with van der Waals surface area (Å²) in [5.74, 6) is 2.92. The third kappa shape index (κ3) is 5.52. The number of thioether (sulfide) groups is 1. The summed E-state index contributed by atoms with van der Waals surface area (Å²) < 4.78 is 6.19. The summed E-state index contributed by atoms with van der Waals surface area (Å²) in [4.78, 5) is 25.8. The fraction of sp³-hybridized carbons (Fsp3) is 0.207. The standard InChI is InChI=1S/C29H28N4O2S/c1-36-19-18-24(29-31-22-14-8-9-15-23(22)32-29)30-25(34)16-17-26-33-27(20-10-4-2-5-11-20)28(35-26)21-12-6-3-7-13-21/h2-15,24H,16-19H2,1H3,(H,30,34)(H,31,32)/t24-/m1/s1. The van der Waals surface area contributed by atoms with E-state index in [1.54, 1.807) is 11.8 Å². The Morgan fingerprint density at radius 2 is 1.64 bits per heavy atom. The molecule has 2 heterocycles. The Morgan fingerprint density at radius 1 is 0.944 bits per heavy atom. The van der Waals surface area contributed by atoms with Crippen LogP contribution >= 0.6 is 11.8 Å². The minimum absolute atomic E-state index is 0.0534. The van der Waals surface area contributed by atoms with Crippen molar-refractivity contribution in [1.82, 2.24) is 20.3 Å². The summed E-state index contributed by atoms with van der Waals surface area (Å²) in [5, 5.41) is 3.17. The van der Waals surface area contributed by atoms with Crippen molar-refractivity contribution in [1.29, 1.82) is 0 Å². The number of benzene rings is 3. The highest BCUT2D eigenvalue weighted by Crippen LogP contribution is 2.33.